The van der Waals surface area contributed by atoms with E-state index in [-0.39, 0.29) is 11.9 Å². The van der Waals surface area contributed by atoms with Gasteiger partial charge in [-0.25, -0.2) is 0 Å². The minimum absolute atomic E-state index is 0.0159. The molecule has 2 saturated heterocycles. The van der Waals surface area contributed by atoms with Crippen LogP contribution in [0, 0.1) is 12.8 Å². The molecule has 4 rings (SSSR count). The number of aryl methyl sites for hydroxylation is 1. The largest absolute Gasteiger partial charge is 0.496 e. The number of rotatable bonds is 4. The van der Waals surface area contributed by atoms with Gasteiger partial charge in [-0.15, -0.1) is 0 Å². The van der Waals surface area contributed by atoms with Gasteiger partial charge < -0.3 is 14.8 Å². The van der Waals surface area contributed by atoms with Gasteiger partial charge in [0, 0.05) is 30.7 Å². The fourth-order valence-corrected chi connectivity index (χ4v) is 3.99. The zero-order valence-corrected chi connectivity index (χ0v) is 14.5. The first-order valence-corrected chi connectivity index (χ1v) is 8.95. The number of nitrogens with one attached hydrogen (secondary N) is 1. The molecule has 1 N–H and O–H groups in total. The number of amides is 1. The summed E-state index contributed by atoms with van der Waals surface area (Å²) >= 11 is 0. The van der Waals surface area contributed by atoms with Crippen LogP contribution in [0.4, 0.5) is 0 Å². The van der Waals surface area contributed by atoms with Crippen LogP contribution < -0.4 is 10.1 Å². The third-order valence-electron chi connectivity index (χ3n) is 5.60. The zero-order valence-electron chi connectivity index (χ0n) is 14.5. The van der Waals surface area contributed by atoms with Gasteiger partial charge in [-0.3, -0.25) is 9.69 Å². The molecule has 0 bridgehead atoms. The second kappa shape index (κ2) is 6.37. The molecule has 2 heterocycles. The van der Waals surface area contributed by atoms with E-state index >= 15 is 0 Å². The van der Waals surface area contributed by atoms with E-state index < -0.39 is 0 Å². The number of fused-ring (bicyclic) bond motifs is 1. The van der Waals surface area contributed by atoms with Gasteiger partial charge in [-0.05, 0) is 49.8 Å². The Hall–Kier alpha value is -1.59. The lowest BCUT2D eigenvalue weighted by molar-refractivity contribution is -0.0581. The summed E-state index contributed by atoms with van der Waals surface area (Å²) in [4.78, 5) is 15.1. The first-order valence-electron chi connectivity index (χ1n) is 8.95. The van der Waals surface area contributed by atoms with Gasteiger partial charge in [0.15, 0.2) is 0 Å². The molecular weight excluding hydrogens is 304 g/mol. The third-order valence-corrected chi connectivity index (χ3v) is 5.60. The lowest BCUT2D eigenvalue weighted by Crippen LogP contribution is -2.47. The average Bonchev–Trinajstić information content (AvgIpc) is 3.35. The molecule has 5 heteroatoms. The highest BCUT2D eigenvalue weighted by Crippen LogP contribution is 2.37. The number of methoxy groups -OCH3 is 1. The van der Waals surface area contributed by atoms with Crippen molar-refractivity contribution in [1.29, 1.82) is 0 Å². The van der Waals surface area contributed by atoms with E-state index in [0.717, 1.165) is 43.3 Å². The quantitative estimate of drug-likeness (QED) is 0.917. The Balaban J connectivity index is 1.36. The lowest BCUT2D eigenvalue weighted by atomic mass is 10.1. The first-order chi connectivity index (χ1) is 11.6. The maximum Gasteiger partial charge on any atom is 0.251 e. The van der Waals surface area contributed by atoms with Crippen LogP contribution in [-0.4, -0.2) is 55.8 Å². The topological polar surface area (TPSA) is 50.8 Å². The Morgan fingerprint density at radius 1 is 1.33 bits per heavy atom. The highest BCUT2D eigenvalue weighted by atomic mass is 16.5. The average molecular weight is 330 g/mol. The van der Waals surface area contributed by atoms with E-state index in [1.54, 1.807) is 7.11 Å². The first kappa shape index (κ1) is 15.9. The van der Waals surface area contributed by atoms with Crippen molar-refractivity contribution in [2.45, 2.75) is 44.4 Å². The Morgan fingerprint density at radius 2 is 2.17 bits per heavy atom. The van der Waals surface area contributed by atoms with Crippen molar-refractivity contribution in [2.24, 2.45) is 5.92 Å². The van der Waals surface area contributed by atoms with E-state index in [9.17, 15) is 4.79 Å². The van der Waals surface area contributed by atoms with Crippen LogP contribution in [0.2, 0.25) is 0 Å². The van der Waals surface area contributed by atoms with Gasteiger partial charge in [0.25, 0.3) is 5.91 Å². The van der Waals surface area contributed by atoms with Gasteiger partial charge in [-0.2, -0.15) is 0 Å². The molecule has 1 aliphatic carbocycles. The van der Waals surface area contributed by atoms with Crippen molar-refractivity contribution in [3.63, 3.8) is 0 Å². The van der Waals surface area contributed by atoms with Crippen LogP contribution in [0.25, 0.3) is 0 Å². The number of ether oxygens (including phenoxy) is 2. The molecule has 3 aliphatic rings. The van der Waals surface area contributed by atoms with Crippen LogP contribution in [0.5, 0.6) is 5.75 Å². The van der Waals surface area contributed by atoms with Gasteiger partial charge in [0.05, 0.1) is 19.8 Å². The van der Waals surface area contributed by atoms with Crippen molar-refractivity contribution >= 4 is 5.91 Å². The molecular formula is C19H26N2O3. The van der Waals surface area contributed by atoms with E-state index in [4.69, 9.17) is 9.47 Å². The number of carbonyl (C=O) groups is 1. The maximum atomic E-state index is 12.6. The second-order valence-corrected chi connectivity index (χ2v) is 7.41. The Morgan fingerprint density at radius 3 is 2.92 bits per heavy atom. The normalized spacial score (nSPS) is 30.0. The van der Waals surface area contributed by atoms with Crippen LogP contribution in [0.3, 0.4) is 0 Å². The van der Waals surface area contributed by atoms with Crippen molar-refractivity contribution in [3.05, 3.63) is 29.3 Å². The molecule has 130 valence electrons. The molecule has 3 atom stereocenters. The van der Waals surface area contributed by atoms with Gasteiger partial charge >= 0.3 is 0 Å². The van der Waals surface area contributed by atoms with Crippen molar-refractivity contribution < 1.29 is 14.3 Å². The van der Waals surface area contributed by atoms with Crippen LogP contribution >= 0.6 is 0 Å². The number of hydrogen-bond acceptors (Lipinski definition) is 4. The molecule has 1 saturated carbocycles. The lowest BCUT2D eigenvalue weighted by Gasteiger charge is -2.35. The monoisotopic (exact) mass is 330 g/mol. The molecule has 0 aromatic heterocycles. The summed E-state index contributed by atoms with van der Waals surface area (Å²) in [6, 6.07) is 6.27. The number of carbonyl (C=O) groups excluding carboxylic acids is 1. The van der Waals surface area contributed by atoms with E-state index in [1.165, 1.54) is 12.8 Å². The van der Waals surface area contributed by atoms with E-state index in [0.29, 0.717) is 17.7 Å². The fourth-order valence-electron chi connectivity index (χ4n) is 3.99. The van der Waals surface area contributed by atoms with Gasteiger partial charge in [-0.1, -0.05) is 6.07 Å². The minimum atomic E-state index is -0.0159. The third kappa shape index (κ3) is 3.15. The van der Waals surface area contributed by atoms with Crippen LogP contribution in [0.1, 0.15) is 35.2 Å². The predicted octanol–water partition coefficient (Wildman–Crippen LogP) is 1.99. The summed E-state index contributed by atoms with van der Waals surface area (Å²) in [7, 11) is 1.63. The van der Waals surface area contributed by atoms with Crippen LogP contribution in [-0.2, 0) is 4.74 Å². The molecule has 1 amide bonds. The number of hydrogen-bond donors (Lipinski definition) is 1. The Labute approximate surface area is 143 Å². The van der Waals surface area contributed by atoms with E-state index in [2.05, 4.69) is 10.2 Å². The molecule has 24 heavy (non-hydrogen) atoms. The summed E-state index contributed by atoms with van der Waals surface area (Å²) in [5, 5.41) is 3.19. The molecule has 1 aromatic carbocycles. The Bertz CT molecular complexity index is 629. The fraction of sp³-hybridized carbons (Fsp3) is 0.632. The second-order valence-electron chi connectivity index (χ2n) is 7.41. The molecule has 2 aliphatic heterocycles. The Kier molecular flexibility index (Phi) is 4.22. The van der Waals surface area contributed by atoms with E-state index in [1.807, 2.05) is 25.1 Å². The standard InChI is InChI=1S/C19H26N2O3/c1-12-3-4-14(7-17(12)23-2)19(22)20-15-8-16-11-24-18(13-5-6-13)10-21(16)9-15/h3-4,7,13,15-16,18H,5-6,8-11H2,1-2H3,(H,20,22)/t15-,16+,18-/m1/s1. The molecule has 3 fully saturated rings. The zero-order chi connectivity index (χ0) is 16.7. The summed E-state index contributed by atoms with van der Waals surface area (Å²) < 4.78 is 11.3. The SMILES string of the molecule is COc1cc(C(=O)N[C@@H]2C[C@H]3CO[C@@H](C4CC4)CN3C2)ccc1C. The summed E-state index contributed by atoms with van der Waals surface area (Å²) in [5.41, 5.74) is 1.70. The van der Waals surface area contributed by atoms with Crippen molar-refractivity contribution in [2.75, 3.05) is 26.8 Å². The molecule has 1 aromatic rings. The number of morpholine rings is 1. The maximum absolute atomic E-state index is 12.6. The summed E-state index contributed by atoms with van der Waals surface area (Å²) in [6.45, 7) is 4.75. The molecule has 0 unspecified atom stereocenters. The van der Waals surface area contributed by atoms with Crippen molar-refractivity contribution in [3.8, 4) is 5.75 Å². The predicted molar refractivity (Wildman–Crippen MR) is 91.4 cm³/mol. The number of nitrogens with zero attached hydrogens (tertiary/aromatic N) is 1. The smallest absolute Gasteiger partial charge is 0.251 e. The van der Waals surface area contributed by atoms with Gasteiger partial charge in [0.2, 0.25) is 0 Å². The molecule has 0 spiro atoms. The number of benzene rings is 1. The summed E-state index contributed by atoms with van der Waals surface area (Å²) in [5.74, 6) is 1.52. The van der Waals surface area contributed by atoms with Crippen LogP contribution in [0.15, 0.2) is 18.2 Å². The van der Waals surface area contributed by atoms with Crippen molar-refractivity contribution in [1.82, 2.24) is 10.2 Å². The molecule has 0 radical (unpaired) electrons. The minimum Gasteiger partial charge on any atom is -0.496 e. The highest BCUT2D eigenvalue weighted by molar-refractivity contribution is 5.95. The summed E-state index contributed by atoms with van der Waals surface area (Å²) in [6.07, 6.45) is 4.03. The highest BCUT2D eigenvalue weighted by Gasteiger charge is 2.42. The van der Waals surface area contributed by atoms with Gasteiger partial charge in [0.1, 0.15) is 5.75 Å². The molecule has 5 nitrogen and oxygen atoms in total.